The molecule has 2 aromatic rings. The third-order valence-electron chi connectivity index (χ3n) is 1.89. The van der Waals surface area contributed by atoms with Gasteiger partial charge in [0.1, 0.15) is 0 Å². The Balaban J connectivity index is 2.51. The Bertz CT molecular complexity index is 380. The van der Waals surface area contributed by atoms with Gasteiger partial charge in [0.05, 0.1) is 18.2 Å². The molecule has 0 spiro atoms. The average Bonchev–Trinajstić information content (AvgIpc) is 2.70. The molecule has 0 aliphatic heterocycles. The Hall–Kier alpha value is -1.68. The highest BCUT2D eigenvalue weighted by atomic mass is 15.0. The predicted molar refractivity (Wildman–Crippen MR) is 49.3 cm³/mol. The highest BCUT2D eigenvalue weighted by Crippen LogP contribution is 2.10. The third kappa shape index (κ3) is 1.43. The SMILES string of the molecule is NCc1ccncc1-n1ccnc1. The molecule has 4 heteroatoms. The summed E-state index contributed by atoms with van der Waals surface area (Å²) in [6.45, 7) is 0.510. The summed E-state index contributed by atoms with van der Waals surface area (Å²) in [5.74, 6) is 0. The molecule has 13 heavy (non-hydrogen) atoms. The maximum absolute atomic E-state index is 5.60. The van der Waals surface area contributed by atoms with Gasteiger partial charge in [0.2, 0.25) is 0 Å². The molecule has 0 aliphatic rings. The number of aromatic nitrogens is 3. The Morgan fingerprint density at radius 1 is 1.31 bits per heavy atom. The first-order valence-corrected chi connectivity index (χ1v) is 4.03. The minimum Gasteiger partial charge on any atom is -0.326 e. The first-order valence-electron chi connectivity index (χ1n) is 4.03. The van der Waals surface area contributed by atoms with Gasteiger partial charge in [-0.1, -0.05) is 0 Å². The van der Waals surface area contributed by atoms with Crippen molar-refractivity contribution in [3.8, 4) is 5.69 Å². The predicted octanol–water partition coefficient (Wildman–Crippen LogP) is 0.726. The molecule has 0 aromatic carbocycles. The molecule has 0 unspecified atom stereocenters. The van der Waals surface area contributed by atoms with E-state index >= 15 is 0 Å². The van der Waals surface area contributed by atoms with E-state index in [4.69, 9.17) is 5.73 Å². The van der Waals surface area contributed by atoms with E-state index in [1.165, 1.54) is 0 Å². The van der Waals surface area contributed by atoms with Gasteiger partial charge in [0, 0.05) is 25.1 Å². The van der Waals surface area contributed by atoms with Crippen LogP contribution in [0.4, 0.5) is 0 Å². The fraction of sp³-hybridized carbons (Fsp3) is 0.111. The number of hydrogen-bond donors (Lipinski definition) is 1. The molecule has 0 saturated heterocycles. The maximum atomic E-state index is 5.60. The van der Waals surface area contributed by atoms with Gasteiger partial charge in [0.25, 0.3) is 0 Å². The quantitative estimate of drug-likeness (QED) is 0.730. The van der Waals surface area contributed by atoms with E-state index in [9.17, 15) is 0 Å². The number of imidazole rings is 1. The van der Waals surface area contributed by atoms with Gasteiger partial charge in [-0.15, -0.1) is 0 Å². The van der Waals surface area contributed by atoms with Crippen molar-refractivity contribution in [3.63, 3.8) is 0 Å². The highest BCUT2D eigenvalue weighted by Gasteiger charge is 2.00. The van der Waals surface area contributed by atoms with E-state index in [0.29, 0.717) is 6.54 Å². The molecule has 2 rings (SSSR count). The normalized spacial score (nSPS) is 10.2. The van der Waals surface area contributed by atoms with Crippen LogP contribution in [0.25, 0.3) is 5.69 Å². The second-order valence-electron chi connectivity index (χ2n) is 2.68. The molecule has 66 valence electrons. The van der Waals surface area contributed by atoms with Crippen LogP contribution >= 0.6 is 0 Å². The first kappa shape index (κ1) is 7.94. The average molecular weight is 174 g/mol. The number of nitrogens with two attached hydrogens (primary N) is 1. The van der Waals surface area contributed by atoms with Crippen molar-refractivity contribution in [2.24, 2.45) is 5.73 Å². The summed E-state index contributed by atoms with van der Waals surface area (Å²) in [5.41, 5.74) is 7.65. The number of nitrogens with zero attached hydrogens (tertiary/aromatic N) is 3. The molecular weight excluding hydrogens is 164 g/mol. The Labute approximate surface area is 76.1 Å². The molecule has 2 N–H and O–H groups in total. The van der Waals surface area contributed by atoms with E-state index in [-0.39, 0.29) is 0 Å². The van der Waals surface area contributed by atoms with Gasteiger partial charge in [-0.25, -0.2) is 4.98 Å². The van der Waals surface area contributed by atoms with Gasteiger partial charge in [0.15, 0.2) is 0 Å². The summed E-state index contributed by atoms with van der Waals surface area (Å²) in [6.07, 6.45) is 8.85. The summed E-state index contributed by atoms with van der Waals surface area (Å²) in [7, 11) is 0. The number of rotatable bonds is 2. The molecule has 0 amide bonds. The van der Waals surface area contributed by atoms with Crippen molar-refractivity contribution < 1.29 is 0 Å². The minimum absolute atomic E-state index is 0.510. The number of pyridine rings is 1. The zero-order valence-corrected chi connectivity index (χ0v) is 7.09. The molecule has 4 nitrogen and oxygen atoms in total. The summed E-state index contributed by atoms with van der Waals surface area (Å²) in [6, 6.07) is 1.91. The molecule has 0 radical (unpaired) electrons. The van der Waals surface area contributed by atoms with Gasteiger partial charge in [-0.2, -0.15) is 0 Å². The van der Waals surface area contributed by atoms with Crippen molar-refractivity contribution in [1.82, 2.24) is 14.5 Å². The smallest absolute Gasteiger partial charge is 0.0992 e. The molecule has 0 bridgehead atoms. The van der Waals surface area contributed by atoms with Gasteiger partial charge >= 0.3 is 0 Å². The second-order valence-corrected chi connectivity index (χ2v) is 2.68. The summed E-state index contributed by atoms with van der Waals surface area (Å²) in [4.78, 5) is 8.01. The van der Waals surface area contributed by atoms with Crippen LogP contribution in [0.3, 0.4) is 0 Å². The van der Waals surface area contributed by atoms with E-state index in [1.54, 1.807) is 24.9 Å². The lowest BCUT2D eigenvalue weighted by atomic mass is 10.2. The largest absolute Gasteiger partial charge is 0.326 e. The van der Waals surface area contributed by atoms with E-state index in [0.717, 1.165) is 11.3 Å². The van der Waals surface area contributed by atoms with E-state index in [2.05, 4.69) is 9.97 Å². The minimum atomic E-state index is 0.510. The molecule has 2 aromatic heterocycles. The maximum Gasteiger partial charge on any atom is 0.0992 e. The van der Waals surface area contributed by atoms with Crippen molar-refractivity contribution in [3.05, 3.63) is 42.7 Å². The van der Waals surface area contributed by atoms with Crippen LogP contribution in [0.2, 0.25) is 0 Å². The lowest BCUT2D eigenvalue weighted by Crippen LogP contribution is -2.03. The van der Waals surface area contributed by atoms with Crippen LogP contribution in [0.1, 0.15) is 5.56 Å². The lowest BCUT2D eigenvalue weighted by molar-refractivity contribution is 0.967. The van der Waals surface area contributed by atoms with Crippen LogP contribution < -0.4 is 5.73 Å². The Morgan fingerprint density at radius 3 is 2.92 bits per heavy atom. The van der Waals surface area contributed by atoms with Crippen molar-refractivity contribution in [1.29, 1.82) is 0 Å². The Kier molecular flexibility index (Phi) is 2.06. The highest BCUT2D eigenvalue weighted by molar-refractivity contribution is 5.37. The molecule has 0 fully saturated rings. The summed E-state index contributed by atoms with van der Waals surface area (Å²) >= 11 is 0. The monoisotopic (exact) mass is 174 g/mol. The molecule has 0 atom stereocenters. The second kappa shape index (κ2) is 3.37. The van der Waals surface area contributed by atoms with Crippen LogP contribution in [0.15, 0.2) is 37.2 Å². The lowest BCUT2D eigenvalue weighted by Gasteiger charge is -2.06. The topological polar surface area (TPSA) is 56.7 Å². The third-order valence-corrected chi connectivity index (χ3v) is 1.89. The first-order chi connectivity index (χ1) is 6.42. The van der Waals surface area contributed by atoms with E-state index < -0.39 is 0 Å². The van der Waals surface area contributed by atoms with Crippen LogP contribution in [0, 0.1) is 0 Å². The van der Waals surface area contributed by atoms with Gasteiger partial charge in [-0.05, 0) is 11.6 Å². The fourth-order valence-electron chi connectivity index (χ4n) is 1.22. The van der Waals surface area contributed by atoms with Crippen LogP contribution in [-0.4, -0.2) is 14.5 Å². The molecular formula is C9H10N4. The standard InChI is InChI=1S/C9H10N4/c10-5-8-1-2-11-6-9(8)13-4-3-12-7-13/h1-4,6-7H,5,10H2. The molecule has 0 saturated carbocycles. The van der Waals surface area contributed by atoms with E-state index in [1.807, 2.05) is 16.8 Å². The van der Waals surface area contributed by atoms with Crippen molar-refractivity contribution in [2.45, 2.75) is 6.54 Å². The van der Waals surface area contributed by atoms with Crippen LogP contribution in [-0.2, 0) is 6.54 Å². The van der Waals surface area contributed by atoms with Crippen molar-refractivity contribution in [2.75, 3.05) is 0 Å². The zero-order chi connectivity index (χ0) is 9.10. The number of hydrogen-bond acceptors (Lipinski definition) is 3. The van der Waals surface area contributed by atoms with Crippen LogP contribution in [0.5, 0.6) is 0 Å². The van der Waals surface area contributed by atoms with Gasteiger partial charge in [-0.3, -0.25) is 4.98 Å². The fourth-order valence-corrected chi connectivity index (χ4v) is 1.22. The summed E-state index contributed by atoms with van der Waals surface area (Å²) < 4.78 is 1.90. The molecule has 2 heterocycles. The van der Waals surface area contributed by atoms with Gasteiger partial charge < -0.3 is 10.3 Å². The van der Waals surface area contributed by atoms with Crippen molar-refractivity contribution >= 4 is 0 Å². The Morgan fingerprint density at radius 2 is 2.23 bits per heavy atom. The molecule has 0 aliphatic carbocycles. The zero-order valence-electron chi connectivity index (χ0n) is 7.09. The summed E-state index contributed by atoms with van der Waals surface area (Å²) in [5, 5.41) is 0.